The van der Waals surface area contributed by atoms with Gasteiger partial charge in [-0.05, 0) is 0 Å². The van der Waals surface area contributed by atoms with Crippen LogP contribution in [-0.2, 0) is 4.74 Å². The van der Waals surface area contributed by atoms with Gasteiger partial charge in [-0.1, -0.05) is 0 Å². The van der Waals surface area contributed by atoms with Gasteiger partial charge < -0.3 is 9.84 Å². The molecule has 14 heavy (non-hydrogen) atoms. The lowest BCUT2D eigenvalue weighted by Crippen LogP contribution is -2.06. The van der Waals surface area contributed by atoms with Crippen LogP contribution in [0.2, 0.25) is 0 Å². The fourth-order valence-electron chi connectivity index (χ4n) is 0.888. The number of ether oxygens (including phenoxy) is 1. The molecule has 7 heteroatoms. The maximum atomic E-state index is 11.0. The van der Waals surface area contributed by atoms with Crippen LogP contribution in [0, 0.1) is 10.1 Å². The van der Waals surface area contributed by atoms with Crippen molar-refractivity contribution in [1.82, 2.24) is 4.98 Å². The Kier molecular flexibility index (Phi) is 2.61. The molecule has 1 heterocycles. The predicted octanol–water partition coefficient (Wildman–Crippen LogP) is 0.482. The lowest BCUT2D eigenvalue weighted by molar-refractivity contribution is -0.385. The molecule has 0 spiro atoms. The molecule has 0 unspecified atom stereocenters. The fourth-order valence-corrected chi connectivity index (χ4v) is 0.888. The Labute approximate surface area is 78.1 Å². The summed E-state index contributed by atoms with van der Waals surface area (Å²) in [7, 11) is 1.06. The summed E-state index contributed by atoms with van der Waals surface area (Å²) >= 11 is 0. The van der Waals surface area contributed by atoms with Gasteiger partial charge >= 0.3 is 11.7 Å². The van der Waals surface area contributed by atoms with Crippen molar-refractivity contribution in [2.75, 3.05) is 7.11 Å². The molecule has 1 N–H and O–H groups in total. The highest BCUT2D eigenvalue weighted by molar-refractivity contribution is 5.96. The third kappa shape index (κ3) is 1.60. The second kappa shape index (κ2) is 3.69. The number of carbonyl (C=O) groups excluding carboxylic acids is 1. The topological polar surface area (TPSA) is 103 Å². The van der Waals surface area contributed by atoms with Crippen molar-refractivity contribution in [2.45, 2.75) is 0 Å². The first-order chi connectivity index (χ1) is 6.57. The van der Waals surface area contributed by atoms with E-state index in [1.807, 2.05) is 0 Å². The van der Waals surface area contributed by atoms with E-state index in [0.717, 1.165) is 19.5 Å². The minimum atomic E-state index is -0.975. The van der Waals surface area contributed by atoms with Crippen molar-refractivity contribution in [1.29, 1.82) is 0 Å². The van der Waals surface area contributed by atoms with Crippen LogP contribution in [0.25, 0.3) is 0 Å². The smallest absolute Gasteiger partial charge is 0.348 e. The molecular weight excluding hydrogens is 192 g/mol. The quantitative estimate of drug-likeness (QED) is 0.421. The highest BCUT2D eigenvalue weighted by Crippen LogP contribution is 2.26. The van der Waals surface area contributed by atoms with Gasteiger partial charge in [-0.15, -0.1) is 0 Å². The third-order valence-electron chi connectivity index (χ3n) is 1.49. The molecule has 0 amide bonds. The van der Waals surface area contributed by atoms with E-state index >= 15 is 0 Å². The second-order valence-corrected chi connectivity index (χ2v) is 2.30. The summed E-state index contributed by atoms with van der Waals surface area (Å²) < 4.78 is 4.28. The number of rotatable bonds is 2. The van der Waals surface area contributed by atoms with E-state index in [1.165, 1.54) is 0 Å². The molecule has 74 valence electrons. The Hall–Kier alpha value is -2.18. The molecule has 0 aliphatic carbocycles. The van der Waals surface area contributed by atoms with E-state index in [4.69, 9.17) is 0 Å². The monoisotopic (exact) mass is 198 g/mol. The van der Waals surface area contributed by atoms with Crippen molar-refractivity contribution in [3.8, 4) is 5.75 Å². The maximum absolute atomic E-state index is 11.0. The van der Waals surface area contributed by atoms with E-state index in [-0.39, 0.29) is 0 Å². The van der Waals surface area contributed by atoms with E-state index in [9.17, 15) is 20.0 Å². The zero-order chi connectivity index (χ0) is 10.7. The van der Waals surface area contributed by atoms with Crippen LogP contribution in [0.4, 0.5) is 5.69 Å². The van der Waals surface area contributed by atoms with Crippen LogP contribution in [-0.4, -0.2) is 28.1 Å². The van der Waals surface area contributed by atoms with Gasteiger partial charge in [-0.25, -0.2) is 4.79 Å². The Morgan fingerprint density at radius 1 is 1.64 bits per heavy atom. The Morgan fingerprint density at radius 3 is 2.79 bits per heavy atom. The molecule has 1 aromatic rings. The number of hydrogen-bond acceptors (Lipinski definition) is 6. The number of nitro groups is 1. The number of pyridine rings is 1. The summed E-state index contributed by atoms with van der Waals surface area (Å²) in [6, 6.07) is 0. The summed E-state index contributed by atoms with van der Waals surface area (Å²) in [5.74, 6) is -1.55. The van der Waals surface area contributed by atoms with Crippen molar-refractivity contribution in [3.63, 3.8) is 0 Å². The van der Waals surface area contributed by atoms with Crippen LogP contribution in [0.15, 0.2) is 12.4 Å². The van der Waals surface area contributed by atoms with E-state index in [0.29, 0.717) is 0 Å². The molecule has 0 fully saturated rings. The fraction of sp³-hybridized carbons (Fsp3) is 0.143. The molecule has 0 bridgehead atoms. The van der Waals surface area contributed by atoms with Crippen LogP contribution in [0.1, 0.15) is 10.4 Å². The number of hydrogen-bond donors (Lipinski definition) is 1. The van der Waals surface area contributed by atoms with Crippen LogP contribution >= 0.6 is 0 Å². The summed E-state index contributed by atoms with van der Waals surface area (Å²) in [4.78, 5) is 24.0. The summed E-state index contributed by atoms with van der Waals surface area (Å²) in [6.45, 7) is 0. The molecule has 0 aromatic carbocycles. The highest BCUT2D eigenvalue weighted by Gasteiger charge is 2.25. The van der Waals surface area contributed by atoms with Crippen molar-refractivity contribution >= 4 is 11.7 Å². The summed E-state index contributed by atoms with van der Waals surface area (Å²) in [5, 5.41) is 19.6. The van der Waals surface area contributed by atoms with Crippen LogP contribution in [0.3, 0.4) is 0 Å². The van der Waals surface area contributed by atoms with Gasteiger partial charge in [-0.2, -0.15) is 0 Å². The number of carbonyl (C=O) groups is 1. The van der Waals surface area contributed by atoms with Gasteiger partial charge in [-0.3, -0.25) is 15.1 Å². The first-order valence-electron chi connectivity index (χ1n) is 3.47. The molecule has 0 atom stereocenters. The molecule has 1 rings (SSSR count). The zero-order valence-electron chi connectivity index (χ0n) is 7.13. The van der Waals surface area contributed by atoms with Crippen LogP contribution in [0.5, 0.6) is 5.75 Å². The van der Waals surface area contributed by atoms with E-state index in [2.05, 4.69) is 9.72 Å². The molecule has 0 saturated heterocycles. The maximum Gasteiger partial charge on any atom is 0.348 e. The Bertz CT molecular complexity index is 390. The van der Waals surface area contributed by atoms with Gasteiger partial charge in [0.25, 0.3) is 0 Å². The van der Waals surface area contributed by atoms with Gasteiger partial charge in [0, 0.05) is 0 Å². The molecule has 7 nitrogen and oxygen atoms in total. The first-order valence-corrected chi connectivity index (χ1v) is 3.47. The SMILES string of the molecule is COC(=O)c1c(O)cncc1[N+](=O)[O-]. The van der Waals surface area contributed by atoms with Crippen molar-refractivity contribution in [3.05, 3.63) is 28.1 Å². The minimum absolute atomic E-state index is 0.493. The molecule has 0 aliphatic heterocycles. The number of aromatic hydroxyl groups is 1. The molecule has 1 aromatic heterocycles. The minimum Gasteiger partial charge on any atom is -0.505 e. The average molecular weight is 198 g/mol. The molecule has 0 saturated carbocycles. The Morgan fingerprint density at radius 2 is 2.29 bits per heavy atom. The first kappa shape index (κ1) is 9.90. The highest BCUT2D eigenvalue weighted by atomic mass is 16.6. The van der Waals surface area contributed by atoms with Crippen molar-refractivity contribution < 1.29 is 19.6 Å². The summed E-state index contributed by atoms with van der Waals surface area (Å²) in [5.41, 5.74) is -1.08. The number of esters is 1. The lowest BCUT2D eigenvalue weighted by atomic mass is 10.2. The normalized spacial score (nSPS) is 9.50. The average Bonchev–Trinajstić information content (AvgIpc) is 2.16. The number of nitrogens with zero attached hydrogens (tertiary/aromatic N) is 2. The van der Waals surface area contributed by atoms with Crippen LogP contribution < -0.4 is 0 Å². The van der Waals surface area contributed by atoms with E-state index in [1.54, 1.807) is 0 Å². The molecule has 0 radical (unpaired) electrons. The zero-order valence-corrected chi connectivity index (χ0v) is 7.13. The summed E-state index contributed by atoms with van der Waals surface area (Å²) in [6.07, 6.45) is 1.80. The third-order valence-corrected chi connectivity index (χ3v) is 1.49. The second-order valence-electron chi connectivity index (χ2n) is 2.30. The molecule has 0 aliphatic rings. The molecular formula is C7H6N2O5. The largest absolute Gasteiger partial charge is 0.505 e. The standard InChI is InChI=1S/C7H6N2O5/c1-14-7(11)6-4(9(12)13)2-8-3-5(6)10/h2-3,10H,1H3. The van der Waals surface area contributed by atoms with Gasteiger partial charge in [0.2, 0.25) is 0 Å². The van der Waals surface area contributed by atoms with Gasteiger partial charge in [0.15, 0.2) is 11.3 Å². The number of methoxy groups -OCH3 is 1. The van der Waals surface area contributed by atoms with Crippen molar-refractivity contribution in [2.24, 2.45) is 0 Å². The Balaban J connectivity index is 3.36. The predicted molar refractivity (Wildman–Crippen MR) is 43.9 cm³/mol. The number of aromatic nitrogens is 1. The lowest BCUT2D eigenvalue weighted by Gasteiger charge is -2.01. The van der Waals surface area contributed by atoms with Gasteiger partial charge in [0.05, 0.1) is 18.2 Å². The van der Waals surface area contributed by atoms with Gasteiger partial charge in [0.1, 0.15) is 6.20 Å². The van der Waals surface area contributed by atoms with E-state index < -0.39 is 27.9 Å².